The highest BCUT2D eigenvalue weighted by atomic mass is 28.4. The van der Waals surface area contributed by atoms with Gasteiger partial charge in [-0.2, -0.15) is 0 Å². The van der Waals surface area contributed by atoms with Crippen molar-refractivity contribution in [2.45, 2.75) is 90.6 Å². The molecule has 1 heterocycles. The fraction of sp³-hybridized carbons (Fsp3) is 0.727. The predicted molar refractivity (Wildman–Crippen MR) is 107 cm³/mol. The van der Waals surface area contributed by atoms with Crippen molar-refractivity contribution in [1.29, 1.82) is 0 Å². The minimum Gasteiger partial charge on any atom is -0.410 e. The predicted octanol–water partition coefficient (Wildman–Crippen LogP) is 6.57. The van der Waals surface area contributed by atoms with E-state index < -0.39 is 8.32 Å². The van der Waals surface area contributed by atoms with Gasteiger partial charge in [0.15, 0.2) is 8.32 Å². The van der Waals surface area contributed by atoms with Crippen molar-refractivity contribution in [3.8, 4) is 0 Å². The highest BCUT2D eigenvalue weighted by Gasteiger charge is 2.42. The summed E-state index contributed by atoms with van der Waals surface area (Å²) in [6.07, 6.45) is 5.15. The SMILES string of the molecule is CC1(C)CCCO[C@@H]1c1cccc2c1CCC2O[Si](C)(C)C(C)(C)C. The van der Waals surface area contributed by atoms with Gasteiger partial charge in [-0.15, -0.1) is 0 Å². The molecular weight excluding hydrogens is 324 g/mol. The van der Waals surface area contributed by atoms with Gasteiger partial charge >= 0.3 is 0 Å². The second kappa shape index (κ2) is 6.51. The Morgan fingerprint density at radius 3 is 2.48 bits per heavy atom. The molecule has 1 aromatic carbocycles. The molecule has 1 fully saturated rings. The van der Waals surface area contributed by atoms with E-state index in [-0.39, 0.29) is 22.7 Å². The fourth-order valence-electron chi connectivity index (χ4n) is 4.14. The van der Waals surface area contributed by atoms with E-state index in [1.54, 1.807) is 0 Å². The largest absolute Gasteiger partial charge is 0.410 e. The molecule has 1 saturated heterocycles. The van der Waals surface area contributed by atoms with Gasteiger partial charge in [-0.1, -0.05) is 52.8 Å². The summed E-state index contributed by atoms with van der Waals surface area (Å²) in [4.78, 5) is 0. The molecule has 1 aromatic rings. The van der Waals surface area contributed by atoms with E-state index in [1.807, 2.05) is 0 Å². The summed E-state index contributed by atoms with van der Waals surface area (Å²) < 4.78 is 13.0. The number of hydrogen-bond acceptors (Lipinski definition) is 2. The molecule has 0 radical (unpaired) electrons. The molecule has 3 heteroatoms. The Labute approximate surface area is 155 Å². The first-order valence-electron chi connectivity index (χ1n) is 9.94. The van der Waals surface area contributed by atoms with E-state index in [2.05, 4.69) is 65.9 Å². The Morgan fingerprint density at radius 1 is 1.16 bits per heavy atom. The fourth-order valence-corrected chi connectivity index (χ4v) is 5.45. The molecule has 0 N–H and O–H groups in total. The Hall–Kier alpha value is -0.643. The minimum absolute atomic E-state index is 0.214. The van der Waals surface area contributed by atoms with E-state index >= 15 is 0 Å². The van der Waals surface area contributed by atoms with Crippen LogP contribution in [0.2, 0.25) is 18.1 Å². The van der Waals surface area contributed by atoms with Crippen LogP contribution >= 0.6 is 0 Å². The quantitative estimate of drug-likeness (QED) is 0.567. The molecule has 2 atom stereocenters. The van der Waals surface area contributed by atoms with Crippen LogP contribution in [0.5, 0.6) is 0 Å². The molecule has 0 amide bonds. The molecule has 0 bridgehead atoms. The van der Waals surface area contributed by atoms with Gasteiger partial charge in [0.1, 0.15) is 0 Å². The van der Waals surface area contributed by atoms with Crippen molar-refractivity contribution in [2.24, 2.45) is 5.41 Å². The average molecular weight is 361 g/mol. The molecule has 1 unspecified atom stereocenters. The minimum atomic E-state index is -1.75. The Balaban J connectivity index is 1.90. The third-order valence-electron chi connectivity index (χ3n) is 6.74. The van der Waals surface area contributed by atoms with Crippen LogP contribution < -0.4 is 0 Å². The first-order valence-corrected chi connectivity index (χ1v) is 12.8. The highest BCUT2D eigenvalue weighted by Crippen LogP contribution is 2.49. The van der Waals surface area contributed by atoms with Gasteiger partial charge in [0, 0.05) is 6.61 Å². The summed E-state index contributed by atoms with van der Waals surface area (Å²) in [6.45, 7) is 17.3. The summed E-state index contributed by atoms with van der Waals surface area (Å²) >= 11 is 0. The molecule has 0 spiro atoms. The summed E-state index contributed by atoms with van der Waals surface area (Å²) in [6, 6.07) is 6.81. The number of rotatable bonds is 3. The normalized spacial score (nSPS) is 26.5. The zero-order valence-electron chi connectivity index (χ0n) is 17.2. The summed E-state index contributed by atoms with van der Waals surface area (Å²) in [5, 5.41) is 0.252. The maximum atomic E-state index is 6.78. The Kier molecular flexibility index (Phi) is 4.98. The highest BCUT2D eigenvalue weighted by molar-refractivity contribution is 6.74. The van der Waals surface area contributed by atoms with E-state index in [9.17, 15) is 0 Å². The van der Waals surface area contributed by atoms with E-state index in [4.69, 9.17) is 9.16 Å². The number of ether oxygens (including phenoxy) is 1. The lowest BCUT2D eigenvalue weighted by Crippen LogP contribution is -2.41. The van der Waals surface area contributed by atoms with Crippen LogP contribution in [0.25, 0.3) is 0 Å². The lowest BCUT2D eigenvalue weighted by molar-refractivity contribution is -0.0704. The molecule has 1 aliphatic heterocycles. The lowest BCUT2D eigenvalue weighted by atomic mass is 9.76. The van der Waals surface area contributed by atoms with Gasteiger partial charge < -0.3 is 9.16 Å². The van der Waals surface area contributed by atoms with Crippen LogP contribution in [0.3, 0.4) is 0 Å². The second-order valence-corrected chi connectivity index (χ2v) is 14.9. The van der Waals surface area contributed by atoms with Crippen LogP contribution in [0.15, 0.2) is 18.2 Å². The third kappa shape index (κ3) is 3.61. The molecule has 140 valence electrons. The molecular formula is C22H36O2Si. The standard InChI is InChI=1S/C22H36O2Si/c1-21(2,3)25(6,7)24-19-13-12-16-17(19)10-8-11-18(16)20-22(4,5)14-9-15-23-20/h8,10-11,19-20H,9,12-15H2,1-7H3/t19?,20-/m1/s1. The topological polar surface area (TPSA) is 18.5 Å². The Morgan fingerprint density at radius 2 is 1.84 bits per heavy atom. The molecule has 2 aliphatic rings. The van der Waals surface area contributed by atoms with Gasteiger partial charge in [-0.3, -0.25) is 0 Å². The molecule has 3 rings (SSSR count). The van der Waals surface area contributed by atoms with Crippen molar-refractivity contribution in [3.05, 3.63) is 34.9 Å². The first-order chi connectivity index (χ1) is 11.5. The van der Waals surface area contributed by atoms with Crippen molar-refractivity contribution in [2.75, 3.05) is 6.61 Å². The van der Waals surface area contributed by atoms with E-state index in [0.29, 0.717) is 0 Å². The second-order valence-electron chi connectivity index (χ2n) is 10.2. The van der Waals surface area contributed by atoms with Gasteiger partial charge in [0.25, 0.3) is 0 Å². The third-order valence-corrected chi connectivity index (χ3v) is 11.2. The average Bonchev–Trinajstić information content (AvgIpc) is 2.88. The smallest absolute Gasteiger partial charge is 0.192 e. The van der Waals surface area contributed by atoms with Crippen molar-refractivity contribution in [1.82, 2.24) is 0 Å². The van der Waals surface area contributed by atoms with Crippen molar-refractivity contribution < 1.29 is 9.16 Å². The van der Waals surface area contributed by atoms with E-state index in [1.165, 1.54) is 29.5 Å². The van der Waals surface area contributed by atoms with Crippen molar-refractivity contribution >= 4 is 8.32 Å². The maximum absolute atomic E-state index is 6.78. The van der Waals surface area contributed by atoms with Gasteiger partial charge in [-0.25, -0.2) is 0 Å². The number of benzene rings is 1. The molecule has 0 aromatic heterocycles. The summed E-state index contributed by atoms with van der Waals surface area (Å²) in [5.74, 6) is 0. The van der Waals surface area contributed by atoms with Gasteiger partial charge in [0.05, 0.1) is 12.2 Å². The molecule has 25 heavy (non-hydrogen) atoms. The van der Waals surface area contributed by atoms with Crippen LogP contribution in [-0.2, 0) is 15.6 Å². The molecule has 2 nitrogen and oxygen atoms in total. The maximum Gasteiger partial charge on any atom is 0.192 e. The molecule has 1 aliphatic carbocycles. The van der Waals surface area contributed by atoms with Gasteiger partial charge in [0.2, 0.25) is 0 Å². The van der Waals surface area contributed by atoms with Crippen LogP contribution in [-0.4, -0.2) is 14.9 Å². The first kappa shape index (κ1) is 19.1. The molecule has 0 saturated carbocycles. The zero-order valence-corrected chi connectivity index (χ0v) is 18.2. The zero-order chi connectivity index (χ0) is 18.5. The van der Waals surface area contributed by atoms with Crippen LogP contribution in [0, 0.1) is 5.41 Å². The van der Waals surface area contributed by atoms with Crippen LogP contribution in [0.1, 0.15) is 82.8 Å². The monoisotopic (exact) mass is 360 g/mol. The van der Waals surface area contributed by atoms with Crippen molar-refractivity contribution in [3.63, 3.8) is 0 Å². The van der Waals surface area contributed by atoms with Gasteiger partial charge in [-0.05, 0) is 65.9 Å². The lowest BCUT2D eigenvalue weighted by Gasteiger charge is -2.40. The number of fused-ring (bicyclic) bond motifs is 1. The summed E-state index contributed by atoms with van der Waals surface area (Å²) in [7, 11) is -1.75. The number of hydrogen-bond donors (Lipinski definition) is 0. The van der Waals surface area contributed by atoms with E-state index in [0.717, 1.165) is 19.4 Å². The summed E-state index contributed by atoms with van der Waals surface area (Å²) in [5.41, 5.74) is 4.56. The Bertz CT molecular complexity index is 627. The van der Waals surface area contributed by atoms with Crippen LogP contribution in [0.4, 0.5) is 0 Å².